The monoisotopic (exact) mass is 416 g/mol. The van der Waals surface area contributed by atoms with Gasteiger partial charge in [0.2, 0.25) is 11.2 Å². The first kappa shape index (κ1) is 21.6. The van der Waals surface area contributed by atoms with Crippen LogP contribution >= 0.6 is 0 Å². The summed E-state index contributed by atoms with van der Waals surface area (Å²) in [4.78, 5) is 58.2. The van der Waals surface area contributed by atoms with Crippen LogP contribution in [-0.2, 0) is 9.59 Å². The highest BCUT2D eigenvalue weighted by Gasteiger charge is 2.25. The minimum Gasteiger partial charge on any atom is -0.504 e. The number of carboxylic acid groups (broad SMARTS) is 2. The fourth-order valence-corrected chi connectivity index (χ4v) is 2.53. The summed E-state index contributed by atoms with van der Waals surface area (Å²) in [6, 6.07) is 1.69. The van der Waals surface area contributed by atoms with Crippen molar-refractivity contribution in [3.8, 4) is 23.0 Å². The van der Waals surface area contributed by atoms with Gasteiger partial charge >= 0.3 is 11.9 Å². The van der Waals surface area contributed by atoms with Gasteiger partial charge in [0.25, 0.3) is 0 Å². The number of rotatable bonds is 6. The van der Waals surface area contributed by atoms with Crippen molar-refractivity contribution in [3.05, 3.63) is 57.8 Å². The van der Waals surface area contributed by atoms with Gasteiger partial charge in [-0.25, -0.2) is 9.59 Å². The Morgan fingerprint density at radius 2 is 1.20 bits per heavy atom. The number of aromatic hydroxyl groups is 4. The average molecular weight is 416 g/mol. The molecule has 0 amide bonds. The number of ketones is 2. The zero-order valence-corrected chi connectivity index (χ0v) is 14.7. The molecule has 0 atom stereocenters. The van der Waals surface area contributed by atoms with Crippen LogP contribution in [0.15, 0.2) is 41.2 Å². The number of phenols is 3. The largest absolute Gasteiger partial charge is 0.504 e. The van der Waals surface area contributed by atoms with E-state index in [1.165, 1.54) is 0 Å². The highest BCUT2D eigenvalue weighted by molar-refractivity contribution is 6.19. The fourth-order valence-electron chi connectivity index (χ4n) is 2.53. The number of fused-ring (bicyclic) bond motifs is 1. The van der Waals surface area contributed by atoms with E-state index in [-0.39, 0.29) is 0 Å². The third kappa shape index (κ3) is 3.94. The molecule has 0 aromatic heterocycles. The first-order chi connectivity index (χ1) is 14.0. The summed E-state index contributed by atoms with van der Waals surface area (Å²) >= 11 is 0. The van der Waals surface area contributed by atoms with Crippen molar-refractivity contribution in [2.24, 2.45) is 0 Å². The maximum atomic E-state index is 12.6. The molecule has 0 heterocycles. The molecule has 11 heteroatoms. The van der Waals surface area contributed by atoms with E-state index < -0.39 is 73.8 Å². The van der Waals surface area contributed by atoms with Crippen molar-refractivity contribution in [2.75, 3.05) is 0 Å². The molecule has 6 N–H and O–H groups in total. The number of hydrogen-bond donors (Lipinski definition) is 6. The van der Waals surface area contributed by atoms with Gasteiger partial charge in [-0.3, -0.25) is 14.4 Å². The Morgan fingerprint density at radius 1 is 0.667 bits per heavy atom. The number of aliphatic carboxylic acids is 2. The Balaban J connectivity index is 2.97. The third-order valence-electron chi connectivity index (χ3n) is 3.84. The van der Waals surface area contributed by atoms with Crippen LogP contribution in [0.3, 0.4) is 0 Å². The van der Waals surface area contributed by atoms with Gasteiger partial charge in [0.05, 0.1) is 16.5 Å². The number of phenolic OH excluding ortho intramolecular Hbond substituents is 3. The van der Waals surface area contributed by atoms with Gasteiger partial charge < -0.3 is 30.6 Å². The molecule has 0 radical (unpaired) electrons. The molecule has 11 nitrogen and oxygen atoms in total. The van der Waals surface area contributed by atoms with E-state index in [0.717, 1.165) is 12.1 Å². The molecule has 0 unspecified atom stereocenters. The molecular weight excluding hydrogens is 404 g/mol. The second kappa shape index (κ2) is 8.14. The predicted molar refractivity (Wildman–Crippen MR) is 99.1 cm³/mol. The molecule has 30 heavy (non-hydrogen) atoms. The Kier molecular flexibility index (Phi) is 5.87. The van der Waals surface area contributed by atoms with Crippen LogP contribution in [0.1, 0.15) is 20.7 Å². The summed E-state index contributed by atoms with van der Waals surface area (Å²) in [6.45, 7) is 0. The van der Waals surface area contributed by atoms with Crippen molar-refractivity contribution in [3.63, 3.8) is 0 Å². The molecule has 0 aliphatic carbocycles. The van der Waals surface area contributed by atoms with E-state index in [2.05, 4.69) is 0 Å². The molecule has 0 spiro atoms. The second-order valence-electron chi connectivity index (χ2n) is 5.71. The van der Waals surface area contributed by atoms with Crippen LogP contribution < -0.4 is 5.43 Å². The SMILES string of the molecule is O=C(O)/C=C/C(=O)c1ccc2c(C(=O)/C=C/C(=O)O)c(O)c(O)c(O)c2c(=O)c1O. The van der Waals surface area contributed by atoms with Crippen LogP contribution in [-0.4, -0.2) is 54.1 Å². The van der Waals surface area contributed by atoms with E-state index >= 15 is 0 Å². The van der Waals surface area contributed by atoms with Crippen LogP contribution in [0.2, 0.25) is 0 Å². The molecular formula is C19H12O11. The maximum absolute atomic E-state index is 12.6. The predicted octanol–water partition coefficient (Wildman–Crippen LogP) is 0.669. The van der Waals surface area contributed by atoms with Crippen LogP contribution in [0.4, 0.5) is 0 Å². The summed E-state index contributed by atoms with van der Waals surface area (Å²) in [5.74, 6) is -10.2. The van der Waals surface area contributed by atoms with E-state index in [4.69, 9.17) is 10.2 Å². The Labute approximate surface area is 165 Å². The van der Waals surface area contributed by atoms with E-state index in [1.807, 2.05) is 0 Å². The van der Waals surface area contributed by atoms with Crippen LogP contribution in [0.25, 0.3) is 10.8 Å². The third-order valence-corrected chi connectivity index (χ3v) is 3.84. The fraction of sp³-hybridized carbons (Fsp3) is 0. The number of carbonyl (C=O) groups is 4. The summed E-state index contributed by atoms with van der Waals surface area (Å²) in [5, 5.41) is 56.0. The van der Waals surface area contributed by atoms with Gasteiger partial charge in [0.1, 0.15) is 0 Å². The minimum atomic E-state index is -1.51. The highest BCUT2D eigenvalue weighted by atomic mass is 16.4. The molecule has 2 aromatic rings. The standard InChI is InChI=1S/C19H12O11/c20-9(3-5-11(22)23)7-1-2-8-13(10(21)4-6-12(24)25)16(27)19(30)18(29)14(8)17(28)15(7)26/h1-6,27,29-30H,(H,22,23)(H,24,25)(H,26,28)/b5-3+,6-4+. The van der Waals surface area contributed by atoms with E-state index in [1.54, 1.807) is 0 Å². The van der Waals surface area contributed by atoms with Crippen LogP contribution in [0, 0.1) is 0 Å². The minimum absolute atomic E-state index is 0.418. The van der Waals surface area contributed by atoms with Crippen molar-refractivity contribution < 1.29 is 49.8 Å². The van der Waals surface area contributed by atoms with Gasteiger partial charge in [-0.05, 0) is 18.2 Å². The molecule has 0 aliphatic rings. The molecule has 2 rings (SSSR count). The van der Waals surface area contributed by atoms with Crippen molar-refractivity contribution in [2.45, 2.75) is 0 Å². The molecule has 2 aromatic carbocycles. The molecule has 0 fully saturated rings. The Hall–Kier alpha value is -4.67. The lowest BCUT2D eigenvalue weighted by Gasteiger charge is -2.09. The van der Waals surface area contributed by atoms with Crippen molar-refractivity contribution in [1.29, 1.82) is 0 Å². The molecule has 0 saturated heterocycles. The van der Waals surface area contributed by atoms with Crippen molar-refractivity contribution in [1.82, 2.24) is 0 Å². The topological polar surface area (TPSA) is 207 Å². The van der Waals surface area contributed by atoms with Gasteiger partial charge in [0, 0.05) is 17.5 Å². The number of carboxylic acids is 2. The first-order valence-corrected chi connectivity index (χ1v) is 7.84. The summed E-state index contributed by atoms with van der Waals surface area (Å²) in [6.07, 6.45) is 1.91. The molecule has 154 valence electrons. The summed E-state index contributed by atoms with van der Waals surface area (Å²) in [5.41, 5.74) is -2.91. The Morgan fingerprint density at radius 3 is 1.73 bits per heavy atom. The number of allylic oxidation sites excluding steroid dienone is 2. The van der Waals surface area contributed by atoms with Gasteiger partial charge in [-0.1, -0.05) is 6.07 Å². The van der Waals surface area contributed by atoms with Gasteiger partial charge in [-0.15, -0.1) is 0 Å². The van der Waals surface area contributed by atoms with Crippen LogP contribution in [0.5, 0.6) is 23.0 Å². The van der Waals surface area contributed by atoms with Crippen molar-refractivity contribution >= 4 is 34.3 Å². The summed E-state index contributed by atoms with van der Waals surface area (Å²) < 4.78 is 0. The second-order valence-corrected chi connectivity index (χ2v) is 5.71. The smallest absolute Gasteiger partial charge is 0.328 e. The lowest BCUT2D eigenvalue weighted by Crippen LogP contribution is -2.05. The number of carbonyl (C=O) groups excluding carboxylic acids is 2. The highest BCUT2D eigenvalue weighted by Crippen LogP contribution is 2.44. The first-order valence-electron chi connectivity index (χ1n) is 7.84. The van der Waals surface area contributed by atoms with E-state index in [9.17, 15) is 44.4 Å². The summed E-state index contributed by atoms with van der Waals surface area (Å²) in [7, 11) is 0. The Bertz CT molecular complexity index is 1240. The molecule has 0 aliphatic heterocycles. The molecule has 0 bridgehead atoms. The molecule has 0 saturated carbocycles. The van der Waals surface area contributed by atoms with Gasteiger partial charge in [-0.2, -0.15) is 0 Å². The quantitative estimate of drug-likeness (QED) is 0.219. The number of benzene rings is 1. The lowest BCUT2D eigenvalue weighted by atomic mass is 9.99. The zero-order chi connectivity index (χ0) is 22.7. The maximum Gasteiger partial charge on any atom is 0.328 e. The number of hydrogen-bond acceptors (Lipinski definition) is 9. The van der Waals surface area contributed by atoms with Gasteiger partial charge in [0.15, 0.2) is 28.8 Å². The lowest BCUT2D eigenvalue weighted by molar-refractivity contribution is -0.132. The average Bonchev–Trinajstić information content (AvgIpc) is 2.80. The zero-order valence-electron chi connectivity index (χ0n) is 14.7. The normalized spacial score (nSPS) is 11.2. The van der Waals surface area contributed by atoms with E-state index in [0.29, 0.717) is 24.3 Å².